The van der Waals surface area contributed by atoms with Crippen molar-refractivity contribution < 1.29 is 9.47 Å². The molecule has 0 unspecified atom stereocenters. The van der Waals surface area contributed by atoms with E-state index in [1.807, 2.05) is 13.0 Å². The summed E-state index contributed by atoms with van der Waals surface area (Å²) in [5.41, 5.74) is 2.99. The van der Waals surface area contributed by atoms with Crippen molar-refractivity contribution in [1.29, 1.82) is 0 Å². The highest BCUT2D eigenvalue weighted by Crippen LogP contribution is 2.36. The van der Waals surface area contributed by atoms with Crippen LogP contribution in [-0.4, -0.2) is 26.2 Å². The van der Waals surface area contributed by atoms with Crippen molar-refractivity contribution in [3.63, 3.8) is 0 Å². The normalized spacial score (nSPS) is 11.4. The minimum Gasteiger partial charge on any atom is -0.496 e. The van der Waals surface area contributed by atoms with Crippen molar-refractivity contribution in [2.24, 2.45) is 0 Å². The fraction of sp³-hybridized carbons (Fsp3) is 0.571. The van der Waals surface area contributed by atoms with Crippen LogP contribution in [-0.2, 0) is 5.41 Å². The summed E-state index contributed by atoms with van der Waals surface area (Å²) in [6.45, 7) is 7.26. The molecule has 0 atom stereocenters. The summed E-state index contributed by atoms with van der Waals surface area (Å²) in [5.74, 6) is 1.81. The first kappa shape index (κ1) is 15.3. The second kappa shape index (κ2) is 6.43. The molecule has 4 heteroatoms. The zero-order chi connectivity index (χ0) is 13.8. The molecule has 1 aromatic carbocycles. The second-order valence-corrected chi connectivity index (χ2v) is 5.53. The average molecular weight is 316 g/mol. The number of halogens is 1. The maximum Gasteiger partial charge on any atom is 0.123 e. The summed E-state index contributed by atoms with van der Waals surface area (Å²) < 4.78 is 10.9. The molecular formula is C14H22BrNO2. The molecule has 3 nitrogen and oxygen atoms in total. The fourth-order valence-corrected chi connectivity index (χ4v) is 2.23. The summed E-state index contributed by atoms with van der Waals surface area (Å²) in [6.07, 6.45) is 0. The van der Waals surface area contributed by atoms with E-state index in [1.165, 1.54) is 0 Å². The Kier molecular flexibility index (Phi) is 5.47. The maximum absolute atomic E-state index is 5.50. The van der Waals surface area contributed by atoms with E-state index in [-0.39, 0.29) is 5.41 Å². The van der Waals surface area contributed by atoms with Crippen molar-refractivity contribution in [3.05, 3.63) is 23.3 Å². The third-order valence-corrected chi connectivity index (χ3v) is 3.50. The van der Waals surface area contributed by atoms with E-state index in [9.17, 15) is 0 Å². The van der Waals surface area contributed by atoms with Crippen LogP contribution in [0.1, 0.15) is 25.0 Å². The van der Waals surface area contributed by atoms with Gasteiger partial charge in [0.05, 0.1) is 19.7 Å². The monoisotopic (exact) mass is 315 g/mol. The summed E-state index contributed by atoms with van der Waals surface area (Å²) in [7, 11) is 3.40. The van der Waals surface area contributed by atoms with Crippen LogP contribution in [0.15, 0.2) is 12.1 Å². The van der Waals surface area contributed by atoms with Gasteiger partial charge in [0.1, 0.15) is 11.5 Å². The van der Waals surface area contributed by atoms with E-state index < -0.39 is 0 Å². The first-order valence-electron chi connectivity index (χ1n) is 5.96. The molecule has 0 aromatic heterocycles. The average Bonchev–Trinajstić information content (AvgIpc) is 2.35. The van der Waals surface area contributed by atoms with Gasteiger partial charge in [0.25, 0.3) is 0 Å². The molecule has 1 N–H and O–H groups in total. The van der Waals surface area contributed by atoms with Crippen molar-refractivity contribution in [1.82, 2.24) is 5.32 Å². The number of ether oxygens (including phenoxy) is 2. The van der Waals surface area contributed by atoms with Crippen LogP contribution in [0, 0.1) is 6.92 Å². The summed E-state index contributed by atoms with van der Waals surface area (Å²) in [4.78, 5) is 0. The number of nitrogens with one attached hydrogen (secondary N) is 1. The highest BCUT2D eigenvalue weighted by Gasteiger charge is 2.25. The fourth-order valence-electron chi connectivity index (χ4n) is 2.03. The minimum absolute atomic E-state index is 0.0277. The Morgan fingerprint density at radius 2 is 1.78 bits per heavy atom. The standard InChI is InChI=1S/C14H22BrNO2/c1-10-6-13(18-5)11(7-12(10)17-4)14(2,3)8-16-9-15/h6-7,16H,8-9H2,1-5H3. The Balaban J connectivity index is 3.20. The molecule has 18 heavy (non-hydrogen) atoms. The van der Waals surface area contributed by atoms with Crippen LogP contribution < -0.4 is 14.8 Å². The summed E-state index contributed by atoms with van der Waals surface area (Å²) >= 11 is 3.38. The molecule has 102 valence electrons. The van der Waals surface area contributed by atoms with E-state index >= 15 is 0 Å². The van der Waals surface area contributed by atoms with E-state index in [0.29, 0.717) is 0 Å². The summed E-state index contributed by atoms with van der Waals surface area (Å²) in [6, 6.07) is 4.11. The Labute approximate surface area is 118 Å². The molecular weight excluding hydrogens is 294 g/mol. The molecule has 0 aliphatic heterocycles. The summed E-state index contributed by atoms with van der Waals surface area (Å²) in [5, 5.41) is 3.31. The van der Waals surface area contributed by atoms with Gasteiger partial charge < -0.3 is 14.8 Å². The molecule has 0 bridgehead atoms. The van der Waals surface area contributed by atoms with Crippen LogP contribution in [0.4, 0.5) is 0 Å². The Hall–Kier alpha value is -0.740. The smallest absolute Gasteiger partial charge is 0.123 e. The molecule has 0 radical (unpaired) electrons. The second-order valence-electron chi connectivity index (χ2n) is 4.97. The zero-order valence-corrected chi connectivity index (χ0v) is 13.3. The molecule has 0 spiro atoms. The highest BCUT2D eigenvalue weighted by molar-refractivity contribution is 9.09. The third-order valence-electron chi connectivity index (χ3n) is 3.11. The van der Waals surface area contributed by atoms with Crippen molar-refractivity contribution in [3.8, 4) is 11.5 Å². The predicted molar refractivity (Wildman–Crippen MR) is 79.1 cm³/mol. The Morgan fingerprint density at radius 1 is 1.17 bits per heavy atom. The van der Waals surface area contributed by atoms with Gasteiger partial charge in [-0.25, -0.2) is 0 Å². The molecule has 1 rings (SSSR count). The lowest BCUT2D eigenvalue weighted by Crippen LogP contribution is -2.32. The number of alkyl halides is 1. The quantitative estimate of drug-likeness (QED) is 0.646. The van der Waals surface area contributed by atoms with E-state index in [0.717, 1.165) is 34.6 Å². The number of hydrogen-bond acceptors (Lipinski definition) is 3. The Morgan fingerprint density at radius 3 is 2.28 bits per heavy atom. The molecule has 0 aliphatic rings. The molecule has 0 aliphatic carbocycles. The first-order valence-corrected chi connectivity index (χ1v) is 7.08. The molecule has 1 aromatic rings. The van der Waals surface area contributed by atoms with Gasteiger partial charge in [-0.3, -0.25) is 0 Å². The van der Waals surface area contributed by atoms with Gasteiger partial charge in [-0.15, -0.1) is 0 Å². The van der Waals surface area contributed by atoms with Crippen molar-refractivity contribution in [2.75, 3.05) is 26.2 Å². The lowest BCUT2D eigenvalue weighted by atomic mass is 9.83. The number of aryl methyl sites for hydroxylation is 1. The van der Waals surface area contributed by atoms with Crippen LogP contribution in [0.5, 0.6) is 11.5 Å². The molecule has 0 saturated heterocycles. The zero-order valence-electron chi connectivity index (χ0n) is 11.8. The predicted octanol–water partition coefficient (Wildman–Crippen LogP) is 3.23. The minimum atomic E-state index is -0.0277. The van der Waals surface area contributed by atoms with Gasteiger partial charge in [0, 0.05) is 17.5 Å². The van der Waals surface area contributed by atoms with Crippen molar-refractivity contribution >= 4 is 15.9 Å². The lowest BCUT2D eigenvalue weighted by Gasteiger charge is -2.28. The largest absolute Gasteiger partial charge is 0.496 e. The Bertz CT molecular complexity index is 405. The number of benzene rings is 1. The number of hydrogen-bond donors (Lipinski definition) is 1. The van der Waals surface area contributed by atoms with Gasteiger partial charge in [-0.2, -0.15) is 0 Å². The first-order chi connectivity index (χ1) is 8.46. The van der Waals surface area contributed by atoms with E-state index in [1.54, 1.807) is 14.2 Å². The lowest BCUT2D eigenvalue weighted by molar-refractivity contribution is 0.378. The van der Waals surface area contributed by atoms with Gasteiger partial charge in [-0.05, 0) is 24.6 Å². The van der Waals surface area contributed by atoms with Gasteiger partial charge in [0.2, 0.25) is 0 Å². The number of rotatable bonds is 6. The van der Waals surface area contributed by atoms with Gasteiger partial charge in [-0.1, -0.05) is 29.8 Å². The van der Waals surface area contributed by atoms with E-state index in [4.69, 9.17) is 9.47 Å². The van der Waals surface area contributed by atoms with Gasteiger partial charge in [0.15, 0.2) is 0 Å². The highest BCUT2D eigenvalue weighted by atomic mass is 79.9. The van der Waals surface area contributed by atoms with Crippen LogP contribution in [0.2, 0.25) is 0 Å². The molecule has 0 fully saturated rings. The topological polar surface area (TPSA) is 30.5 Å². The van der Waals surface area contributed by atoms with E-state index in [2.05, 4.69) is 41.2 Å². The van der Waals surface area contributed by atoms with Crippen LogP contribution in [0.25, 0.3) is 0 Å². The molecule has 0 amide bonds. The molecule has 0 heterocycles. The van der Waals surface area contributed by atoms with Crippen LogP contribution in [0.3, 0.4) is 0 Å². The van der Waals surface area contributed by atoms with Gasteiger partial charge >= 0.3 is 0 Å². The van der Waals surface area contributed by atoms with Crippen LogP contribution >= 0.6 is 15.9 Å². The third kappa shape index (κ3) is 3.39. The number of methoxy groups -OCH3 is 2. The molecule has 0 saturated carbocycles. The SMILES string of the molecule is COc1cc(C(C)(C)CNCBr)c(OC)cc1C. The van der Waals surface area contributed by atoms with Crippen molar-refractivity contribution in [2.45, 2.75) is 26.2 Å². The maximum atomic E-state index is 5.50.